The Morgan fingerprint density at radius 1 is 1.03 bits per heavy atom. The Bertz CT molecular complexity index is 899. The van der Waals surface area contributed by atoms with Crippen LogP contribution in [0.2, 0.25) is 0 Å². The molecule has 2 atom stereocenters. The largest absolute Gasteiger partial charge is 0.479 e. The van der Waals surface area contributed by atoms with Crippen LogP contribution in [0.25, 0.3) is 11.1 Å². The number of methoxy groups -OCH3 is 1. The molecule has 0 aromatic heterocycles. The number of rotatable bonds is 8. The van der Waals surface area contributed by atoms with Crippen molar-refractivity contribution >= 4 is 18.0 Å². The number of aliphatic carboxylic acids is 1. The molecule has 0 fully saturated rings. The minimum Gasteiger partial charge on any atom is -0.479 e. The zero-order valence-electron chi connectivity index (χ0n) is 16.8. The van der Waals surface area contributed by atoms with E-state index in [1.54, 1.807) is 0 Å². The zero-order chi connectivity index (χ0) is 21.7. The molecule has 0 saturated heterocycles. The summed E-state index contributed by atoms with van der Waals surface area (Å²) in [4.78, 5) is 35.2. The first-order valence-corrected chi connectivity index (χ1v) is 9.57. The second-order valence-electron chi connectivity index (χ2n) is 7.00. The summed E-state index contributed by atoms with van der Waals surface area (Å²) < 4.78 is 10.1. The monoisotopic (exact) mass is 412 g/mol. The van der Waals surface area contributed by atoms with Crippen LogP contribution in [0.1, 0.15) is 24.0 Å². The van der Waals surface area contributed by atoms with Crippen molar-refractivity contribution in [3.8, 4) is 11.1 Å². The Morgan fingerprint density at radius 2 is 1.60 bits per heavy atom. The van der Waals surface area contributed by atoms with Crippen LogP contribution in [0.4, 0.5) is 4.79 Å². The van der Waals surface area contributed by atoms with Crippen LogP contribution in [0.5, 0.6) is 0 Å². The molecule has 0 heterocycles. The number of carboxylic acid groups (broad SMARTS) is 1. The summed E-state index contributed by atoms with van der Waals surface area (Å²) in [7, 11) is 1.24. The molecule has 30 heavy (non-hydrogen) atoms. The number of nitrogens with one attached hydrogen (secondary N) is 2. The molecule has 0 spiro atoms. The van der Waals surface area contributed by atoms with Gasteiger partial charge in [-0.15, -0.1) is 0 Å². The quantitative estimate of drug-likeness (QED) is 0.612. The molecule has 8 nitrogen and oxygen atoms in total. The Morgan fingerprint density at radius 3 is 2.13 bits per heavy atom. The number of alkyl carbamates (subject to hydrolysis) is 1. The Kier molecular flexibility index (Phi) is 6.68. The molecule has 3 N–H and O–H groups in total. The van der Waals surface area contributed by atoms with Gasteiger partial charge in [0.15, 0.2) is 6.10 Å². The minimum atomic E-state index is -1.19. The minimum absolute atomic E-state index is 0.0784. The molecule has 1 aliphatic carbocycles. The standard InChI is InChI=1S/C22H24N2O6/c1-13(20(25)23-11-19(29-2)21(26)27)24-22(28)30-12-18-16-9-5-3-7-14(16)15-8-4-6-10-17(15)18/h3-10,13,18-19H,11-12H2,1-2H3,(H,23,25)(H,24,28)(H,26,27)/t13-,19?/m0/s1. The second-order valence-corrected chi connectivity index (χ2v) is 7.00. The van der Waals surface area contributed by atoms with Crippen molar-refractivity contribution in [3.05, 3.63) is 59.7 Å². The van der Waals surface area contributed by atoms with Crippen molar-refractivity contribution < 1.29 is 29.0 Å². The molecular weight excluding hydrogens is 388 g/mol. The lowest BCUT2D eigenvalue weighted by Gasteiger charge is -2.18. The SMILES string of the molecule is COC(CNC(=O)[C@H](C)NC(=O)OCC1c2ccccc2-c2ccccc21)C(=O)O. The molecule has 8 heteroatoms. The summed E-state index contributed by atoms with van der Waals surface area (Å²) >= 11 is 0. The van der Waals surface area contributed by atoms with Crippen LogP contribution in [0.3, 0.4) is 0 Å². The maximum absolute atomic E-state index is 12.2. The van der Waals surface area contributed by atoms with Crippen LogP contribution >= 0.6 is 0 Å². The Balaban J connectivity index is 1.55. The third kappa shape index (κ3) is 4.60. The van der Waals surface area contributed by atoms with E-state index in [9.17, 15) is 14.4 Å². The molecule has 158 valence electrons. The summed E-state index contributed by atoms with van der Waals surface area (Å²) in [6.45, 7) is 1.42. The highest BCUT2D eigenvalue weighted by atomic mass is 16.5. The van der Waals surface area contributed by atoms with E-state index in [0.29, 0.717) is 0 Å². The van der Waals surface area contributed by atoms with Crippen LogP contribution in [0.15, 0.2) is 48.5 Å². The molecule has 0 aliphatic heterocycles. The number of benzene rings is 2. The normalized spacial score (nSPS) is 14.2. The maximum atomic E-state index is 12.2. The first-order valence-electron chi connectivity index (χ1n) is 9.57. The summed E-state index contributed by atoms with van der Waals surface area (Å²) in [6.07, 6.45) is -1.88. The molecule has 2 amide bonds. The van der Waals surface area contributed by atoms with Gasteiger partial charge in [0.1, 0.15) is 12.6 Å². The van der Waals surface area contributed by atoms with E-state index in [0.717, 1.165) is 22.3 Å². The van der Waals surface area contributed by atoms with Crippen molar-refractivity contribution in [3.63, 3.8) is 0 Å². The number of carbonyl (C=O) groups excluding carboxylic acids is 2. The fourth-order valence-corrected chi connectivity index (χ4v) is 3.50. The summed E-state index contributed by atoms with van der Waals surface area (Å²) in [5.41, 5.74) is 4.44. The Labute approximate surface area is 174 Å². The van der Waals surface area contributed by atoms with Gasteiger partial charge in [-0.05, 0) is 29.2 Å². The molecular formula is C22H24N2O6. The topological polar surface area (TPSA) is 114 Å². The van der Waals surface area contributed by atoms with Gasteiger partial charge >= 0.3 is 12.1 Å². The van der Waals surface area contributed by atoms with Crippen molar-refractivity contribution in [1.29, 1.82) is 0 Å². The second kappa shape index (κ2) is 9.41. The van der Waals surface area contributed by atoms with Crippen molar-refractivity contribution in [2.24, 2.45) is 0 Å². The maximum Gasteiger partial charge on any atom is 0.407 e. The summed E-state index contributed by atoms with van der Waals surface area (Å²) in [5.74, 6) is -1.80. The van der Waals surface area contributed by atoms with E-state index in [2.05, 4.69) is 10.6 Å². The lowest BCUT2D eigenvalue weighted by atomic mass is 9.98. The highest BCUT2D eigenvalue weighted by Crippen LogP contribution is 2.44. The van der Waals surface area contributed by atoms with E-state index < -0.39 is 30.1 Å². The first kappa shape index (κ1) is 21.3. The van der Waals surface area contributed by atoms with Crippen LogP contribution < -0.4 is 10.6 Å². The number of hydrogen-bond donors (Lipinski definition) is 3. The van der Waals surface area contributed by atoms with Gasteiger partial charge in [-0.2, -0.15) is 0 Å². The van der Waals surface area contributed by atoms with Crippen LogP contribution in [-0.2, 0) is 19.1 Å². The molecule has 0 radical (unpaired) electrons. The predicted molar refractivity (Wildman–Crippen MR) is 109 cm³/mol. The van der Waals surface area contributed by atoms with Gasteiger partial charge < -0.3 is 25.2 Å². The number of carbonyl (C=O) groups is 3. The number of carboxylic acids is 1. The summed E-state index contributed by atoms with van der Waals surface area (Å²) in [6, 6.07) is 15.1. The van der Waals surface area contributed by atoms with Crippen LogP contribution in [0, 0.1) is 0 Å². The van der Waals surface area contributed by atoms with E-state index >= 15 is 0 Å². The van der Waals surface area contributed by atoms with Gasteiger partial charge in [-0.3, -0.25) is 4.79 Å². The number of ether oxygens (including phenoxy) is 2. The summed E-state index contributed by atoms with van der Waals surface area (Å²) in [5, 5.41) is 13.8. The smallest absolute Gasteiger partial charge is 0.407 e. The van der Waals surface area contributed by atoms with Gasteiger partial charge in [0.25, 0.3) is 0 Å². The van der Waals surface area contributed by atoms with Crippen molar-refractivity contribution in [2.75, 3.05) is 20.3 Å². The van der Waals surface area contributed by atoms with E-state index in [1.807, 2.05) is 48.5 Å². The number of hydrogen-bond acceptors (Lipinski definition) is 5. The predicted octanol–water partition coefficient (Wildman–Crippen LogP) is 2.13. The highest BCUT2D eigenvalue weighted by molar-refractivity contribution is 5.86. The molecule has 2 aromatic carbocycles. The van der Waals surface area contributed by atoms with Gasteiger partial charge in [-0.1, -0.05) is 48.5 Å². The lowest BCUT2D eigenvalue weighted by molar-refractivity contribution is -0.148. The lowest BCUT2D eigenvalue weighted by Crippen LogP contribution is -2.48. The zero-order valence-corrected chi connectivity index (χ0v) is 16.8. The number of amides is 2. The molecule has 0 saturated carbocycles. The highest BCUT2D eigenvalue weighted by Gasteiger charge is 2.29. The van der Waals surface area contributed by atoms with Gasteiger partial charge in [0.2, 0.25) is 5.91 Å². The van der Waals surface area contributed by atoms with Crippen molar-refractivity contribution in [2.45, 2.75) is 25.0 Å². The molecule has 1 unspecified atom stereocenters. The molecule has 3 rings (SSSR count). The fraction of sp³-hybridized carbons (Fsp3) is 0.318. The number of fused-ring (bicyclic) bond motifs is 3. The van der Waals surface area contributed by atoms with Gasteiger partial charge in [0.05, 0.1) is 6.54 Å². The van der Waals surface area contributed by atoms with E-state index in [1.165, 1.54) is 14.0 Å². The van der Waals surface area contributed by atoms with E-state index in [4.69, 9.17) is 14.6 Å². The molecule has 2 aromatic rings. The third-order valence-corrected chi connectivity index (χ3v) is 5.09. The average molecular weight is 412 g/mol. The van der Waals surface area contributed by atoms with Gasteiger partial charge in [0, 0.05) is 13.0 Å². The fourth-order valence-electron chi connectivity index (χ4n) is 3.50. The van der Waals surface area contributed by atoms with Crippen LogP contribution in [-0.4, -0.2) is 55.5 Å². The average Bonchev–Trinajstić information content (AvgIpc) is 3.06. The first-order chi connectivity index (χ1) is 14.4. The van der Waals surface area contributed by atoms with Crippen molar-refractivity contribution in [1.82, 2.24) is 10.6 Å². The third-order valence-electron chi connectivity index (χ3n) is 5.09. The molecule has 0 bridgehead atoms. The Hall–Kier alpha value is -3.39. The van der Waals surface area contributed by atoms with E-state index in [-0.39, 0.29) is 19.1 Å². The molecule has 1 aliphatic rings. The van der Waals surface area contributed by atoms with Gasteiger partial charge in [-0.25, -0.2) is 9.59 Å².